The van der Waals surface area contributed by atoms with E-state index in [0.717, 1.165) is 60.1 Å². The number of nitrogens with zero attached hydrogens (tertiary/aromatic N) is 1. The molecule has 24 heavy (non-hydrogen) atoms. The first kappa shape index (κ1) is 16.7. The summed E-state index contributed by atoms with van der Waals surface area (Å²) in [6.45, 7) is 2.22. The van der Waals surface area contributed by atoms with Gasteiger partial charge in [0.1, 0.15) is 5.75 Å². The molecule has 2 bridgehead atoms. The maximum absolute atomic E-state index is 6.27. The van der Waals surface area contributed by atoms with Crippen molar-refractivity contribution in [3.8, 4) is 5.75 Å². The Bertz CT molecular complexity index is 597. The Labute approximate surface area is 150 Å². The molecule has 4 heteroatoms. The van der Waals surface area contributed by atoms with Crippen molar-refractivity contribution >= 4 is 11.6 Å². The summed E-state index contributed by atoms with van der Waals surface area (Å²) in [7, 11) is 3.55. The zero-order valence-electron chi connectivity index (χ0n) is 14.8. The fourth-order valence-electron chi connectivity index (χ4n) is 5.49. The van der Waals surface area contributed by atoms with Crippen LogP contribution in [0.5, 0.6) is 5.75 Å². The molecule has 3 fully saturated rings. The van der Waals surface area contributed by atoms with Crippen molar-refractivity contribution in [2.75, 3.05) is 27.3 Å². The molecule has 4 rings (SSSR count). The Kier molecular flexibility index (Phi) is 4.53. The van der Waals surface area contributed by atoms with Gasteiger partial charge in [0.25, 0.3) is 0 Å². The second-order valence-corrected chi connectivity index (χ2v) is 8.26. The number of methoxy groups -OCH3 is 2. The lowest BCUT2D eigenvalue weighted by atomic mass is 9.82. The molecule has 0 N–H and O–H groups in total. The predicted molar refractivity (Wildman–Crippen MR) is 96.7 cm³/mol. The van der Waals surface area contributed by atoms with Crippen molar-refractivity contribution in [2.24, 2.45) is 11.8 Å². The smallest absolute Gasteiger partial charge is 0.125 e. The zero-order valence-corrected chi connectivity index (χ0v) is 15.5. The second kappa shape index (κ2) is 6.51. The van der Waals surface area contributed by atoms with E-state index in [0.29, 0.717) is 0 Å². The van der Waals surface area contributed by atoms with Crippen LogP contribution in [0.4, 0.5) is 0 Å². The Morgan fingerprint density at radius 1 is 1.12 bits per heavy atom. The van der Waals surface area contributed by atoms with Gasteiger partial charge < -0.3 is 9.47 Å². The molecular formula is C20H28ClNO2. The van der Waals surface area contributed by atoms with Crippen LogP contribution in [0.3, 0.4) is 0 Å². The van der Waals surface area contributed by atoms with Gasteiger partial charge in [-0.25, -0.2) is 0 Å². The number of benzene rings is 1. The van der Waals surface area contributed by atoms with Crippen molar-refractivity contribution in [3.05, 3.63) is 28.8 Å². The maximum Gasteiger partial charge on any atom is 0.125 e. The van der Waals surface area contributed by atoms with Crippen molar-refractivity contribution in [2.45, 2.75) is 50.2 Å². The van der Waals surface area contributed by atoms with E-state index < -0.39 is 0 Å². The van der Waals surface area contributed by atoms with E-state index in [4.69, 9.17) is 21.1 Å². The summed E-state index contributed by atoms with van der Waals surface area (Å²) in [6, 6.07) is 6.69. The Hall–Kier alpha value is -0.770. The number of piperidine rings is 1. The minimum atomic E-state index is -0.273. The van der Waals surface area contributed by atoms with E-state index in [2.05, 4.69) is 4.90 Å². The van der Waals surface area contributed by atoms with Crippen LogP contribution in [0.1, 0.15) is 44.1 Å². The number of hydrogen-bond donors (Lipinski definition) is 0. The van der Waals surface area contributed by atoms with Gasteiger partial charge in [-0.1, -0.05) is 18.0 Å². The fraction of sp³-hybridized carbons (Fsp3) is 0.700. The molecule has 1 aliphatic heterocycles. The van der Waals surface area contributed by atoms with E-state index in [1.54, 1.807) is 7.11 Å². The highest BCUT2D eigenvalue weighted by Crippen LogP contribution is 2.49. The summed E-state index contributed by atoms with van der Waals surface area (Å²) in [4.78, 5) is 2.73. The Balaban J connectivity index is 1.52. The van der Waals surface area contributed by atoms with Crippen molar-refractivity contribution in [3.63, 3.8) is 0 Å². The first-order valence-corrected chi connectivity index (χ1v) is 9.66. The number of hydrogen-bond acceptors (Lipinski definition) is 3. The fourth-order valence-corrected chi connectivity index (χ4v) is 5.67. The molecule has 132 valence electrons. The lowest BCUT2D eigenvalue weighted by Gasteiger charge is -2.45. The van der Waals surface area contributed by atoms with Crippen molar-refractivity contribution in [1.82, 2.24) is 4.90 Å². The summed E-state index contributed by atoms with van der Waals surface area (Å²) in [5, 5.41) is 0.748. The van der Waals surface area contributed by atoms with E-state index in [1.807, 2.05) is 25.3 Å². The summed E-state index contributed by atoms with van der Waals surface area (Å²) < 4.78 is 11.7. The molecule has 0 aromatic heterocycles. The van der Waals surface area contributed by atoms with Gasteiger partial charge in [-0.15, -0.1) is 0 Å². The van der Waals surface area contributed by atoms with Gasteiger partial charge in [-0.2, -0.15) is 0 Å². The molecule has 3 atom stereocenters. The summed E-state index contributed by atoms with van der Waals surface area (Å²) in [5.74, 6) is 2.84. The van der Waals surface area contributed by atoms with Crippen LogP contribution < -0.4 is 4.74 Å². The number of likely N-dealkylation sites (tertiary alicyclic amines) is 1. The first-order chi connectivity index (χ1) is 11.6. The molecule has 0 spiro atoms. The predicted octanol–water partition coefficient (Wildman–Crippen LogP) is 4.47. The third kappa shape index (κ3) is 2.75. The minimum absolute atomic E-state index is 0.273. The van der Waals surface area contributed by atoms with Crippen LogP contribution in [0, 0.1) is 11.8 Å². The van der Waals surface area contributed by atoms with Crippen LogP contribution >= 0.6 is 11.6 Å². The molecular weight excluding hydrogens is 322 g/mol. The van der Waals surface area contributed by atoms with Crippen LogP contribution in [0.2, 0.25) is 5.02 Å². The number of ether oxygens (including phenoxy) is 2. The van der Waals surface area contributed by atoms with Crippen molar-refractivity contribution in [1.29, 1.82) is 0 Å². The monoisotopic (exact) mass is 349 g/mol. The third-order valence-electron chi connectivity index (χ3n) is 6.82. The molecule has 1 heterocycles. The van der Waals surface area contributed by atoms with Gasteiger partial charge in [-0.05, 0) is 62.1 Å². The molecule has 0 amide bonds. The average molecular weight is 350 g/mol. The highest BCUT2D eigenvalue weighted by Gasteiger charge is 2.46. The first-order valence-electron chi connectivity index (χ1n) is 9.28. The van der Waals surface area contributed by atoms with Crippen LogP contribution in [-0.2, 0) is 10.3 Å². The van der Waals surface area contributed by atoms with Crippen LogP contribution in [0.25, 0.3) is 0 Å². The normalized spacial score (nSPS) is 32.2. The quantitative estimate of drug-likeness (QED) is 0.800. The van der Waals surface area contributed by atoms with Gasteiger partial charge in [0.15, 0.2) is 0 Å². The SMILES string of the molecule is COc1ccc(Cl)cc1C1(OC)CCN(C2CC3CCC2C3)CC1. The molecule has 0 radical (unpaired) electrons. The lowest BCUT2D eigenvalue weighted by molar-refractivity contribution is -0.0739. The molecule has 3 unspecified atom stereocenters. The van der Waals surface area contributed by atoms with E-state index in [1.165, 1.54) is 25.7 Å². The van der Waals surface area contributed by atoms with Gasteiger partial charge >= 0.3 is 0 Å². The second-order valence-electron chi connectivity index (χ2n) is 7.82. The molecule has 2 aliphatic carbocycles. The van der Waals surface area contributed by atoms with Gasteiger partial charge in [0.05, 0.1) is 12.7 Å². The van der Waals surface area contributed by atoms with Gasteiger partial charge in [0.2, 0.25) is 0 Å². The van der Waals surface area contributed by atoms with E-state index in [9.17, 15) is 0 Å². The molecule has 2 saturated carbocycles. The minimum Gasteiger partial charge on any atom is -0.496 e. The average Bonchev–Trinajstić information content (AvgIpc) is 3.25. The Morgan fingerprint density at radius 2 is 1.92 bits per heavy atom. The van der Waals surface area contributed by atoms with E-state index >= 15 is 0 Å². The number of halogens is 1. The molecule has 1 saturated heterocycles. The van der Waals surface area contributed by atoms with Crippen LogP contribution in [0.15, 0.2) is 18.2 Å². The standard InChI is InChI=1S/C20H28ClNO2/c1-23-19-6-5-16(21)13-17(19)20(24-2)7-9-22(10-8-20)18-12-14-3-4-15(18)11-14/h5-6,13-15,18H,3-4,7-12H2,1-2H3. The van der Waals surface area contributed by atoms with Gasteiger partial charge in [-0.3, -0.25) is 4.90 Å². The molecule has 3 aliphatic rings. The summed E-state index contributed by atoms with van der Waals surface area (Å²) in [6.07, 6.45) is 7.83. The van der Waals surface area contributed by atoms with Crippen LogP contribution in [-0.4, -0.2) is 38.3 Å². The number of rotatable bonds is 4. The maximum atomic E-state index is 6.27. The zero-order chi connectivity index (χ0) is 16.7. The lowest BCUT2D eigenvalue weighted by Crippen LogP contribution is -2.49. The topological polar surface area (TPSA) is 21.7 Å². The van der Waals surface area contributed by atoms with Crippen molar-refractivity contribution < 1.29 is 9.47 Å². The highest BCUT2D eigenvalue weighted by molar-refractivity contribution is 6.30. The summed E-state index contributed by atoms with van der Waals surface area (Å²) in [5.41, 5.74) is 0.831. The van der Waals surface area contributed by atoms with E-state index in [-0.39, 0.29) is 5.60 Å². The molecule has 1 aromatic rings. The Morgan fingerprint density at radius 3 is 2.50 bits per heavy atom. The molecule has 3 nitrogen and oxygen atoms in total. The highest BCUT2D eigenvalue weighted by atomic mass is 35.5. The summed E-state index contributed by atoms with van der Waals surface area (Å²) >= 11 is 6.27. The largest absolute Gasteiger partial charge is 0.496 e. The molecule has 1 aromatic carbocycles. The van der Waals surface area contributed by atoms with Gasteiger partial charge in [0, 0.05) is 36.8 Å². The third-order valence-corrected chi connectivity index (χ3v) is 7.05. The number of fused-ring (bicyclic) bond motifs is 2.